The van der Waals surface area contributed by atoms with E-state index in [1.807, 2.05) is 0 Å². The van der Waals surface area contributed by atoms with Crippen molar-refractivity contribution < 1.29 is 18.3 Å². The molecule has 71 valence electrons. The van der Waals surface area contributed by atoms with Crippen LogP contribution in [0, 0.1) is 24.0 Å². The first-order valence-corrected chi connectivity index (χ1v) is 3.62. The maximum Gasteiger partial charge on any atom is 0.233 e. The van der Waals surface area contributed by atoms with E-state index in [1.165, 1.54) is 6.29 Å². The zero-order valence-corrected chi connectivity index (χ0v) is 7.01. The van der Waals surface area contributed by atoms with Gasteiger partial charge in [-0.2, -0.15) is 0 Å². The molecule has 1 radical (unpaired) electrons. The van der Waals surface area contributed by atoms with Crippen molar-refractivity contribution in [1.29, 1.82) is 0 Å². The average molecular weight is 195 g/mol. The van der Waals surface area contributed by atoms with Crippen LogP contribution in [-0.4, -0.2) is 12.9 Å². The molecule has 1 aromatic carbocycles. The van der Waals surface area contributed by atoms with Gasteiger partial charge in [-0.05, 0) is 12.1 Å². The number of terminal acetylenes is 1. The summed E-state index contributed by atoms with van der Waals surface area (Å²) in [5.74, 6) is -0.462. The molecule has 0 aliphatic rings. The van der Waals surface area contributed by atoms with Crippen LogP contribution >= 0.6 is 0 Å². The van der Waals surface area contributed by atoms with Crippen LogP contribution in [0.5, 0.6) is 5.75 Å². The summed E-state index contributed by atoms with van der Waals surface area (Å²) in [6.45, 7) is -0.238. The minimum absolute atomic E-state index is 0.215. The molecule has 0 saturated carbocycles. The highest BCUT2D eigenvalue weighted by atomic mass is 19.1. The van der Waals surface area contributed by atoms with Gasteiger partial charge in [0.25, 0.3) is 0 Å². The molecule has 0 aliphatic carbocycles. The number of hydrogen-bond acceptors (Lipinski definition) is 2. The van der Waals surface area contributed by atoms with Crippen LogP contribution in [0.2, 0.25) is 0 Å². The molecule has 0 atom stereocenters. The molecule has 0 spiro atoms. The van der Waals surface area contributed by atoms with Crippen LogP contribution in [0.4, 0.5) is 8.78 Å². The Labute approximate surface area is 79.5 Å². The van der Waals surface area contributed by atoms with Gasteiger partial charge in [0.15, 0.2) is 17.4 Å². The van der Waals surface area contributed by atoms with Crippen LogP contribution in [0.1, 0.15) is 5.56 Å². The van der Waals surface area contributed by atoms with Crippen molar-refractivity contribution in [3.63, 3.8) is 0 Å². The topological polar surface area (TPSA) is 26.3 Å². The predicted molar refractivity (Wildman–Crippen MR) is 45.5 cm³/mol. The van der Waals surface area contributed by atoms with E-state index in [1.54, 1.807) is 0 Å². The third-order valence-corrected chi connectivity index (χ3v) is 1.42. The normalized spacial score (nSPS) is 9.21. The van der Waals surface area contributed by atoms with E-state index in [-0.39, 0.29) is 12.2 Å². The molecule has 0 aliphatic heterocycles. The second-order valence-electron chi connectivity index (χ2n) is 2.36. The van der Waals surface area contributed by atoms with Crippen LogP contribution in [-0.2, 0) is 4.79 Å². The molecular formula is C10H5F2O2. The summed E-state index contributed by atoms with van der Waals surface area (Å²) in [7, 11) is 0. The van der Waals surface area contributed by atoms with E-state index in [0.29, 0.717) is 0 Å². The van der Waals surface area contributed by atoms with Crippen LogP contribution in [0.25, 0.3) is 0 Å². The standard InChI is InChI=1S/C10H5F2O2/c1-2-3-14-10-8(11)4-7(6-13)5-9(10)12/h1,4-5H,3H2. The molecule has 0 saturated heterocycles. The van der Waals surface area contributed by atoms with Crippen LogP contribution in [0.3, 0.4) is 0 Å². The molecule has 0 amide bonds. The number of rotatable bonds is 3. The number of hydrogen-bond donors (Lipinski definition) is 0. The Bertz CT molecular complexity index is 371. The minimum Gasteiger partial charge on any atom is -0.475 e. The molecule has 0 bridgehead atoms. The van der Waals surface area contributed by atoms with Crippen LogP contribution < -0.4 is 4.74 Å². The first kappa shape index (κ1) is 10.2. The Morgan fingerprint density at radius 3 is 2.36 bits per heavy atom. The number of carbonyl (C=O) groups excluding carboxylic acids is 1. The van der Waals surface area contributed by atoms with Gasteiger partial charge in [-0.25, -0.2) is 8.78 Å². The highest BCUT2D eigenvalue weighted by Crippen LogP contribution is 2.22. The SMILES string of the molecule is C#CCOc1c(F)cc([C]=O)cc1F. The van der Waals surface area contributed by atoms with Crippen molar-refractivity contribution in [3.8, 4) is 18.1 Å². The van der Waals surface area contributed by atoms with Gasteiger partial charge >= 0.3 is 0 Å². The van der Waals surface area contributed by atoms with E-state index in [0.717, 1.165) is 12.1 Å². The zero-order valence-electron chi connectivity index (χ0n) is 7.01. The van der Waals surface area contributed by atoms with Gasteiger partial charge in [-0.1, -0.05) is 5.92 Å². The van der Waals surface area contributed by atoms with Crippen molar-refractivity contribution in [3.05, 3.63) is 29.3 Å². The van der Waals surface area contributed by atoms with Crippen molar-refractivity contribution >= 4 is 6.29 Å². The van der Waals surface area contributed by atoms with Gasteiger partial charge in [0.05, 0.1) is 0 Å². The largest absolute Gasteiger partial charge is 0.475 e. The second-order valence-corrected chi connectivity index (χ2v) is 2.36. The molecule has 1 aromatic rings. The highest BCUT2D eigenvalue weighted by molar-refractivity contribution is 5.75. The van der Waals surface area contributed by atoms with Gasteiger partial charge in [0.1, 0.15) is 6.61 Å². The fourth-order valence-electron chi connectivity index (χ4n) is 0.871. The Balaban J connectivity index is 3.06. The summed E-state index contributed by atoms with van der Waals surface area (Å²) < 4.78 is 30.6. The van der Waals surface area contributed by atoms with E-state index in [2.05, 4.69) is 10.7 Å². The highest BCUT2D eigenvalue weighted by Gasteiger charge is 2.12. The summed E-state index contributed by atoms with van der Waals surface area (Å²) in [6, 6.07) is 1.64. The van der Waals surface area contributed by atoms with E-state index in [9.17, 15) is 13.6 Å². The summed E-state index contributed by atoms with van der Waals surface area (Å²) in [5, 5.41) is 0. The molecule has 1 rings (SSSR count). The first-order chi connectivity index (χ1) is 6.69. The molecule has 2 nitrogen and oxygen atoms in total. The lowest BCUT2D eigenvalue weighted by molar-refractivity contribution is 0.326. The van der Waals surface area contributed by atoms with E-state index < -0.39 is 17.4 Å². The van der Waals surface area contributed by atoms with E-state index >= 15 is 0 Å². The van der Waals surface area contributed by atoms with Gasteiger partial charge in [-0.3, -0.25) is 4.79 Å². The molecule has 14 heavy (non-hydrogen) atoms. The maximum absolute atomic E-state index is 13.0. The Morgan fingerprint density at radius 2 is 1.93 bits per heavy atom. The monoisotopic (exact) mass is 195 g/mol. The van der Waals surface area contributed by atoms with Crippen LogP contribution in [0.15, 0.2) is 12.1 Å². The molecule has 0 N–H and O–H groups in total. The van der Waals surface area contributed by atoms with Crippen molar-refractivity contribution in [2.24, 2.45) is 0 Å². The molecule has 0 fully saturated rings. The molecule has 4 heteroatoms. The van der Waals surface area contributed by atoms with Gasteiger partial charge in [-0.15, -0.1) is 6.42 Å². The first-order valence-electron chi connectivity index (χ1n) is 3.62. The van der Waals surface area contributed by atoms with E-state index in [4.69, 9.17) is 6.42 Å². The average Bonchev–Trinajstić information content (AvgIpc) is 2.16. The molecule has 0 heterocycles. The third-order valence-electron chi connectivity index (χ3n) is 1.42. The summed E-state index contributed by atoms with van der Waals surface area (Å²) >= 11 is 0. The molecular weight excluding hydrogens is 190 g/mol. The fourth-order valence-corrected chi connectivity index (χ4v) is 0.871. The summed E-state index contributed by atoms with van der Waals surface area (Å²) in [4.78, 5) is 10.1. The van der Waals surface area contributed by atoms with Gasteiger partial charge < -0.3 is 4.74 Å². The second kappa shape index (κ2) is 4.38. The summed E-state index contributed by atoms with van der Waals surface area (Å²) in [6.07, 6.45) is 6.22. The predicted octanol–water partition coefficient (Wildman–Crippen LogP) is 1.43. The number of ether oxygens (including phenoxy) is 1. The third kappa shape index (κ3) is 2.07. The number of benzene rings is 1. The quantitative estimate of drug-likeness (QED) is 0.682. The van der Waals surface area contributed by atoms with Crippen molar-refractivity contribution in [2.45, 2.75) is 0 Å². The lowest BCUT2D eigenvalue weighted by atomic mass is 10.2. The maximum atomic E-state index is 13.0. The Hall–Kier alpha value is -1.89. The summed E-state index contributed by atoms with van der Waals surface area (Å²) in [5.41, 5.74) is -0.215. The Kier molecular flexibility index (Phi) is 3.19. The lowest BCUT2D eigenvalue weighted by Gasteiger charge is -2.05. The minimum atomic E-state index is -0.974. The smallest absolute Gasteiger partial charge is 0.233 e. The van der Waals surface area contributed by atoms with Gasteiger partial charge in [0.2, 0.25) is 6.29 Å². The fraction of sp³-hybridized carbons (Fsp3) is 0.100. The van der Waals surface area contributed by atoms with Gasteiger partial charge in [0, 0.05) is 5.56 Å². The molecule has 0 unspecified atom stereocenters. The zero-order chi connectivity index (χ0) is 10.6. The molecule has 0 aromatic heterocycles. The lowest BCUT2D eigenvalue weighted by Crippen LogP contribution is -2.00. The number of halogens is 2. The van der Waals surface area contributed by atoms with Crippen molar-refractivity contribution in [1.82, 2.24) is 0 Å². The Morgan fingerprint density at radius 1 is 1.36 bits per heavy atom. The van der Waals surface area contributed by atoms with Crippen molar-refractivity contribution in [2.75, 3.05) is 6.61 Å².